The zero-order chi connectivity index (χ0) is 27.5. The van der Waals surface area contributed by atoms with Gasteiger partial charge in [0.05, 0.1) is 5.39 Å². The lowest BCUT2D eigenvalue weighted by molar-refractivity contribution is -0.658. The van der Waals surface area contributed by atoms with Crippen LogP contribution in [0.3, 0.4) is 0 Å². The molecule has 0 spiro atoms. The van der Waals surface area contributed by atoms with E-state index in [-0.39, 0.29) is 11.1 Å². The second kappa shape index (κ2) is 9.38. The largest absolute Gasteiger partial charge is 0.455 e. The average Bonchev–Trinajstić information content (AvgIpc) is 2.87. The molecule has 0 saturated carbocycles. The third-order valence-electron chi connectivity index (χ3n) is 8.46. The Hall–Kier alpha value is -3.46. The van der Waals surface area contributed by atoms with Crippen molar-refractivity contribution in [3.8, 4) is 11.3 Å². The number of nitrogens with zero attached hydrogens (tertiary/aromatic N) is 3. The molecule has 0 aromatic heterocycles. The molecular weight excluding hydrogens is 502 g/mol. The van der Waals surface area contributed by atoms with Crippen LogP contribution in [0, 0.1) is 0 Å². The Morgan fingerprint density at radius 2 is 1.82 bits per heavy atom. The van der Waals surface area contributed by atoms with Crippen molar-refractivity contribution in [3.63, 3.8) is 0 Å². The van der Waals surface area contributed by atoms with Gasteiger partial charge in [0.25, 0.3) is 0 Å². The monoisotopic (exact) mass is 536 g/mol. The second-order valence-electron chi connectivity index (χ2n) is 11.2. The van der Waals surface area contributed by atoms with Crippen LogP contribution in [-0.4, -0.2) is 38.3 Å². The molecule has 0 radical (unpaired) electrons. The summed E-state index contributed by atoms with van der Waals surface area (Å²) < 4.78 is 33.7. The van der Waals surface area contributed by atoms with Crippen LogP contribution in [-0.2, 0) is 24.1 Å². The van der Waals surface area contributed by atoms with Crippen molar-refractivity contribution >= 4 is 43.9 Å². The van der Waals surface area contributed by atoms with Gasteiger partial charge in [-0.25, -0.2) is 4.79 Å². The van der Waals surface area contributed by atoms with Crippen LogP contribution >= 0.6 is 0 Å². The fourth-order valence-electron chi connectivity index (χ4n) is 6.33. The summed E-state index contributed by atoms with van der Waals surface area (Å²) in [5.41, 5.74) is 7.66. The van der Waals surface area contributed by atoms with Gasteiger partial charge < -0.3 is 14.2 Å². The van der Waals surface area contributed by atoms with Crippen LogP contribution < -0.4 is 19.9 Å². The van der Waals surface area contributed by atoms with E-state index < -0.39 is 10.6 Å². The molecule has 200 valence electrons. The van der Waals surface area contributed by atoms with Crippen molar-refractivity contribution in [3.05, 3.63) is 51.8 Å². The van der Waals surface area contributed by atoms with Crippen molar-refractivity contribution in [1.29, 1.82) is 0 Å². The van der Waals surface area contributed by atoms with Crippen LogP contribution in [0.2, 0.25) is 0 Å². The maximum absolute atomic E-state index is 13.5. The van der Waals surface area contributed by atoms with E-state index in [1.807, 2.05) is 13.1 Å². The van der Waals surface area contributed by atoms with E-state index in [4.69, 9.17) is 17.0 Å². The topological polar surface area (TPSA) is 91.8 Å². The van der Waals surface area contributed by atoms with Crippen LogP contribution in [0.15, 0.2) is 39.5 Å². The van der Waals surface area contributed by atoms with Gasteiger partial charge >= 0.3 is 16.2 Å². The lowest BCUT2D eigenvalue weighted by Crippen LogP contribution is -2.48. The summed E-state index contributed by atoms with van der Waals surface area (Å²) in [5, 5.41) is 2.02. The van der Waals surface area contributed by atoms with Crippen molar-refractivity contribution in [2.45, 2.75) is 58.4 Å². The molecule has 2 aromatic carbocycles. The fourth-order valence-corrected chi connectivity index (χ4v) is 6.33. The number of hydrogen-bond donors (Lipinski definition) is 0. The Bertz CT molecular complexity index is 1720. The Kier molecular flexibility index (Phi) is 6.46. The Morgan fingerprint density at radius 1 is 1.11 bits per heavy atom. The van der Waals surface area contributed by atoms with Gasteiger partial charge in [-0.3, -0.25) is 0 Å². The second-order valence-corrected chi connectivity index (χ2v) is 11.6. The van der Waals surface area contributed by atoms with Gasteiger partial charge in [0.15, 0.2) is 5.76 Å². The smallest absolute Gasteiger partial charge is 0.425 e. The van der Waals surface area contributed by atoms with Gasteiger partial charge in [-0.05, 0) is 75.3 Å². The highest BCUT2D eigenvalue weighted by atomic mass is 32.2. The minimum Gasteiger partial charge on any atom is -0.455 e. The van der Waals surface area contributed by atoms with E-state index in [1.165, 1.54) is 22.5 Å². The number of anilines is 2. The van der Waals surface area contributed by atoms with Crippen LogP contribution in [0.25, 0.3) is 33.2 Å². The zero-order valence-electron chi connectivity index (χ0n) is 22.8. The molecule has 0 amide bonds. The first-order valence-electron chi connectivity index (χ1n) is 13.1. The maximum atomic E-state index is 13.5. The van der Waals surface area contributed by atoms with Crippen molar-refractivity contribution < 1.29 is 21.6 Å². The summed E-state index contributed by atoms with van der Waals surface area (Å²) in [4.78, 5) is 18.3. The highest BCUT2D eigenvalue weighted by Gasteiger charge is 2.35. The normalized spacial score (nSPS) is 18.2. The summed E-state index contributed by atoms with van der Waals surface area (Å²) in [6, 6.07) is 10.9. The molecule has 0 fully saturated rings. The number of rotatable bonds is 1. The number of hydrogen-bond acceptors (Lipinski definition) is 7. The molecule has 8 nitrogen and oxygen atoms in total. The first kappa shape index (κ1) is 26.2. The quantitative estimate of drug-likeness (QED) is 0.203. The standard InChI is InChI=1S/C29H34N3O2.O3S/c1-7-32-10-8-9-18-11-21-24(14-23(18)32)30(5)28(33)22-13-19-12-20-17(2)16-29(3,4)31(6)25(20)15-26(19)34-27(21)22;1-4(2)3/h11-15,17H,7-10,16H2,1-6H3;/q+1;. The molecule has 0 aliphatic carbocycles. The Morgan fingerprint density at radius 3 is 2.50 bits per heavy atom. The molecule has 1 unspecified atom stereocenters. The van der Waals surface area contributed by atoms with E-state index in [1.54, 1.807) is 4.57 Å². The number of pyridine rings is 1. The number of aromatic nitrogens is 1. The van der Waals surface area contributed by atoms with Gasteiger partial charge in [0.1, 0.15) is 18.2 Å². The summed E-state index contributed by atoms with van der Waals surface area (Å²) in [6.07, 6.45) is 3.31. The summed E-state index contributed by atoms with van der Waals surface area (Å²) >= 11 is 0. The lowest BCUT2D eigenvalue weighted by Gasteiger charge is -2.45. The van der Waals surface area contributed by atoms with Gasteiger partial charge in [-0.15, -0.1) is 12.6 Å². The molecule has 1 atom stereocenters. The van der Waals surface area contributed by atoms with E-state index >= 15 is 0 Å². The first-order valence-corrected chi connectivity index (χ1v) is 14.1. The molecule has 0 bridgehead atoms. The lowest BCUT2D eigenvalue weighted by atomic mass is 9.80. The van der Waals surface area contributed by atoms with Gasteiger partial charge in [-0.2, -0.15) is 4.57 Å². The summed E-state index contributed by atoms with van der Waals surface area (Å²) in [5.74, 6) is 1.15. The first-order chi connectivity index (χ1) is 17.9. The van der Waals surface area contributed by atoms with Gasteiger partial charge in [-0.1, -0.05) is 6.92 Å². The molecule has 0 saturated heterocycles. The molecule has 6 rings (SSSR count). The minimum absolute atomic E-state index is 0.00372. The van der Waals surface area contributed by atoms with Crippen molar-refractivity contribution in [2.75, 3.05) is 29.9 Å². The molecule has 4 heterocycles. The minimum atomic E-state index is -3.11. The molecule has 38 heavy (non-hydrogen) atoms. The zero-order valence-corrected chi connectivity index (χ0v) is 23.6. The van der Waals surface area contributed by atoms with Crippen LogP contribution in [0.5, 0.6) is 0 Å². The molecule has 4 aliphatic heterocycles. The SMILES string of the molecule is CCN1CCCc2cc3c4oc5cc6c(cc5cc-4c(=O)[n+](C)c3cc21)C(C)CC(C)(C)N6C.O=S(=O)=O. The Balaban J connectivity index is 0.000000689. The highest BCUT2D eigenvalue weighted by molar-refractivity contribution is 7.59. The predicted octanol–water partition coefficient (Wildman–Crippen LogP) is 4.37. The number of fused-ring (bicyclic) bond motifs is 6. The van der Waals surface area contributed by atoms with E-state index in [0.29, 0.717) is 17.2 Å². The molecule has 9 heteroatoms. The highest BCUT2D eigenvalue weighted by Crippen LogP contribution is 2.45. The van der Waals surface area contributed by atoms with Gasteiger partial charge in [0, 0.05) is 54.6 Å². The van der Waals surface area contributed by atoms with E-state index in [2.05, 4.69) is 68.8 Å². The van der Waals surface area contributed by atoms with E-state index in [0.717, 1.165) is 54.2 Å². The van der Waals surface area contributed by atoms with Gasteiger partial charge in [0.2, 0.25) is 5.52 Å². The Labute approximate surface area is 223 Å². The van der Waals surface area contributed by atoms with Crippen LogP contribution in [0.1, 0.15) is 57.6 Å². The fraction of sp³-hybridized carbons (Fsp3) is 0.448. The van der Waals surface area contributed by atoms with E-state index in [9.17, 15) is 4.79 Å². The maximum Gasteiger partial charge on any atom is 0.425 e. The molecule has 0 N–H and O–H groups in total. The summed E-state index contributed by atoms with van der Waals surface area (Å²) in [7, 11) is 0.945. The van der Waals surface area contributed by atoms with Crippen LogP contribution in [0.4, 0.5) is 11.4 Å². The predicted molar refractivity (Wildman–Crippen MR) is 149 cm³/mol. The summed E-state index contributed by atoms with van der Waals surface area (Å²) in [6.45, 7) is 11.1. The third kappa shape index (κ3) is 4.22. The third-order valence-corrected chi connectivity index (χ3v) is 8.46. The van der Waals surface area contributed by atoms with Crippen molar-refractivity contribution in [2.24, 2.45) is 7.05 Å². The average molecular weight is 537 g/mol. The molecule has 2 aromatic rings. The molecular formula is C29H34N3O5S+. The van der Waals surface area contributed by atoms with Crippen molar-refractivity contribution in [1.82, 2.24) is 0 Å². The number of aryl methyl sites for hydroxylation is 2. The molecule has 4 aliphatic rings. The number of benzene rings is 2.